The third-order valence-electron chi connectivity index (χ3n) is 7.28. The van der Waals surface area contributed by atoms with Crippen LogP contribution in [-0.2, 0) is 9.59 Å². The third-order valence-corrected chi connectivity index (χ3v) is 10.7. The Kier molecular flexibility index (Phi) is 6.19. The molecule has 2 bridgehead atoms. The maximum atomic E-state index is 13.7. The molecule has 3 fully saturated rings. The fourth-order valence-electron chi connectivity index (χ4n) is 5.66. The average Bonchev–Trinajstić information content (AvgIpc) is 3.45. The normalized spacial score (nSPS) is 30.4. The summed E-state index contributed by atoms with van der Waals surface area (Å²) < 4.78 is 0. The van der Waals surface area contributed by atoms with Crippen molar-refractivity contribution in [2.45, 2.75) is 29.0 Å². The lowest BCUT2D eigenvalue weighted by molar-refractivity contribution is -0.157. The number of amides is 3. The first-order valence-corrected chi connectivity index (χ1v) is 13.3. The van der Waals surface area contributed by atoms with Crippen LogP contribution in [0.4, 0.5) is 0 Å². The molecule has 2 aromatic rings. The van der Waals surface area contributed by atoms with Crippen molar-refractivity contribution >= 4 is 67.0 Å². The molecule has 2 saturated carbocycles. The number of imide groups is 1. The summed E-state index contributed by atoms with van der Waals surface area (Å²) in [4.78, 5) is 54.6. The smallest absolute Gasteiger partial charge is 0.273 e. The quantitative estimate of drug-likeness (QED) is 0.279. The molecule has 0 unspecified atom stereocenters. The Morgan fingerprint density at radius 2 is 1.44 bits per heavy atom. The Balaban J connectivity index is 1.55. The van der Waals surface area contributed by atoms with Crippen molar-refractivity contribution in [2.75, 3.05) is 0 Å². The van der Waals surface area contributed by atoms with Crippen LogP contribution >= 0.6 is 43.5 Å². The molecule has 9 heteroatoms. The number of hydrazine groups is 1. The maximum Gasteiger partial charge on any atom is 0.273 e. The van der Waals surface area contributed by atoms with Gasteiger partial charge in [0, 0.05) is 25.8 Å². The summed E-state index contributed by atoms with van der Waals surface area (Å²) >= 11 is 13.3. The number of benzene rings is 2. The fraction of sp³-hybridized carbons (Fsp3) is 0.360. The number of Topliss-reactive ketones (excluding diaryl/α,β-unsaturated/α-hetero) is 1. The average molecular weight is 609 g/mol. The molecule has 0 radical (unpaired) electrons. The topological polar surface area (TPSA) is 74.8 Å². The van der Waals surface area contributed by atoms with Gasteiger partial charge in [-0.25, -0.2) is 5.01 Å². The Morgan fingerprint density at radius 1 is 0.912 bits per heavy atom. The standard InChI is InChI=1S/C25H21Br2ClN2O4/c1-12(22(31)13-5-3-2-4-6-13)29(23(32)14-7-9-15(28)10-8-14)30-24(33)18-16-11-17(19(18)25(30)34)21(27)20(16)26/h2-10,12,16-21H,11H2,1H3/t12-,16-,17-,18-,19-,20-,21+/m1/s1. The van der Waals surface area contributed by atoms with Crippen molar-refractivity contribution in [1.82, 2.24) is 10.0 Å². The molecule has 5 rings (SSSR count). The minimum absolute atomic E-state index is 0.00607. The van der Waals surface area contributed by atoms with Crippen molar-refractivity contribution in [3.05, 3.63) is 70.7 Å². The van der Waals surface area contributed by atoms with Gasteiger partial charge in [0.1, 0.15) is 6.04 Å². The SMILES string of the molecule is C[C@H](C(=O)c1ccccc1)N(C(=O)c1ccc(Cl)cc1)N1C(=O)[C@@H]2[C@H]3C[C@@H]([C@@H](Br)[C@H]3Br)[C@H]2C1=O. The van der Waals surface area contributed by atoms with Crippen molar-refractivity contribution in [3.8, 4) is 0 Å². The van der Waals surface area contributed by atoms with Gasteiger partial charge >= 0.3 is 0 Å². The summed E-state index contributed by atoms with van der Waals surface area (Å²) in [6.45, 7) is 1.55. The lowest BCUT2D eigenvalue weighted by Gasteiger charge is -2.35. The number of rotatable bonds is 5. The summed E-state index contributed by atoms with van der Waals surface area (Å²) in [7, 11) is 0. The van der Waals surface area contributed by atoms with Crippen LogP contribution < -0.4 is 0 Å². The largest absolute Gasteiger partial charge is 0.292 e. The molecule has 0 spiro atoms. The maximum absolute atomic E-state index is 13.7. The fourth-order valence-corrected chi connectivity index (χ4v) is 7.66. The number of carbonyl (C=O) groups excluding carboxylic acids is 4. The van der Waals surface area contributed by atoms with Gasteiger partial charge in [-0.3, -0.25) is 19.2 Å². The van der Waals surface area contributed by atoms with Crippen LogP contribution in [0.5, 0.6) is 0 Å². The van der Waals surface area contributed by atoms with Gasteiger partial charge in [0.05, 0.1) is 11.8 Å². The van der Waals surface area contributed by atoms with E-state index in [0.717, 1.165) is 16.4 Å². The number of fused-ring (bicyclic) bond motifs is 5. The van der Waals surface area contributed by atoms with Crippen LogP contribution in [0, 0.1) is 23.7 Å². The van der Waals surface area contributed by atoms with Gasteiger partial charge < -0.3 is 0 Å². The monoisotopic (exact) mass is 606 g/mol. The van der Waals surface area contributed by atoms with E-state index in [9.17, 15) is 19.2 Å². The molecule has 0 aromatic heterocycles. The zero-order valence-corrected chi connectivity index (χ0v) is 22.0. The Labute approximate surface area is 218 Å². The van der Waals surface area contributed by atoms with E-state index in [4.69, 9.17) is 11.6 Å². The number of hydrogen-bond donors (Lipinski definition) is 0. The molecule has 3 amide bonds. The molecule has 2 aliphatic carbocycles. The van der Waals surface area contributed by atoms with E-state index in [1.165, 1.54) is 12.1 Å². The number of hydrogen-bond acceptors (Lipinski definition) is 4. The first-order chi connectivity index (χ1) is 16.2. The Morgan fingerprint density at radius 3 is 1.97 bits per heavy atom. The highest BCUT2D eigenvalue weighted by Gasteiger charge is 2.68. The first kappa shape index (κ1) is 23.7. The van der Waals surface area contributed by atoms with Crippen molar-refractivity contribution < 1.29 is 19.2 Å². The lowest BCUT2D eigenvalue weighted by atomic mass is 9.81. The summed E-state index contributed by atoms with van der Waals surface area (Å²) in [6.07, 6.45) is 0.774. The molecular formula is C25H21Br2ClN2O4. The predicted molar refractivity (Wildman–Crippen MR) is 134 cm³/mol. The Bertz CT molecular complexity index is 1140. The summed E-state index contributed by atoms with van der Waals surface area (Å²) in [5.74, 6) is -2.82. The molecule has 3 aliphatic rings. The number of alkyl halides is 2. The molecule has 2 aromatic carbocycles. The van der Waals surface area contributed by atoms with Crippen molar-refractivity contribution in [1.29, 1.82) is 0 Å². The number of halogens is 3. The van der Waals surface area contributed by atoms with Gasteiger partial charge in [-0.2, -0.15) is 5.01 Å². The van der Waals surface area contributed by atoms with E-state index in [0.29, 0.717) is 10.6 Å². The van der Waals surface area contributed by atoms with Crippen LogP contribution in [0.3, 0.4) is 0 Å². The second kappa shape index (κ2) is 8.88. The second-order valence-electron chi connectivity index (χ2n) is 9.05. The minimum Gasteiger partial charge on any atom is -0.292 e. The third kappa shape index (κ3) is 3.57. The highest BCUT2D eigenvalue weighted by atomic mass is 79.9. The molecule has 0 N–H and O–H groups in total. The molecule has 34 heavy (non-hydrogen) atoms. The highest BCUT2D eigenvalue weighted by Crippen LogP contribution is 2.60. The van der Waals surface area contributed by atoms with Gasteiger partial charge in [-0.05, 0) is 49.4 Å². The second-order valence-corrected chi connectivity index (χ2v) is 11.6. The first-order valence-electron chi connectivity index (χ1n) is 11.1. The van der Waals surface area contributed by atoms with Gasteiger partial charge in [0.2, 0.25) is 0 Å². The summed E-state index contributed by atoms with van der Waals surface area (Å²) in [5.41, 5.74) is 0.624. The van der Waals surface area contributed by atoms with E-state index in [2.05, 4.69) is 31.9 Å². The lowest BCUT2D eigenvalue weighted by Crippen LogP contribution is -2.56. The molecule has 1 heterocycles. The minimum atomic E-state index is -1.07. The van der Waals surface area contributed by atoms with E-state index in [1.807, 2.05) is 0 Å². The number of nitrogens with zero attached hydrogens (tertiary/aromatic N) is 2. The zero-order chi connectivity index (χ0) is 24.3. The van der Waals surface area contributed by atoms with E-state index in [1.54, 1.807) is 49.4 Å². The predicted octanol–water partition coefficient (Wildman–Crippen LogP) is 4.75. The van der Waals surface area contributed by atoms with Gasteiger partial charge in [0.15, 0.2) is 5.78 Å². The van der Waals surface area contributed by atoms with E-state index in [-0.39, 0.29) is 32.8 Å². The van der Waals surface area contributed by atoms with Gasteiger partial charge in [-0.15, -0.1) is 0 Å². The van der Waals surface area contributed by atoms with Crippen LogP contribution in [0.15, 0.2) is 54.6 Å². The van der Waals surface area contributed by atoms with E-state index >= 15 is 0 Å². The van der Waals surface area contributed by atoms with Crippen molar-refractivity contribution in [3.63, 3.8) is 0 Å². The molecule has 1 saturated heterocycles. The van der Waals surface area contributed by atoms with Crippen LogP contribution in [-0.4, -0.2) is 49.2 Å². The molecule has 7 atom stereocenters. The van der Waals surface area contributed by atoms with Crippen LogP contribution in [0.1, 0.15) is 34.1 Å². The molecular weight excluding hydrogens is 588 g/mol. The van der Waals surface area contributed by atoms with Crippen molar-refractivity contribution in [2.24, 2.45) is 23.7 Å². The molecule has 176 valence electrons. The highest BCUT2D eigenvalue weighted by molar-refractivity contribution is 9.12. The molecule has 6 nitrogen and oxygen atoms in total. The van der Waals surface area contributed by atoms with Crippen LogP contribution in [0.25, 0.3) is 0 Å². The van der Waals surface area contributed by atoms with E-state index < -0.39 is 35.6 Å². The van der Waals surface area contributed by atoms with Gasteiger partial charge in [0.25, 0.3) is 17.7 Å². The summed E-state index contributed by atoms with van der Waals surface area (Å²) in [5, 5.41) is 2.44. The van der Waals surface area contributed by atoms with Gasteiger partial charge in [-0.1, -0.05) is 73.8 Å². The zero-order valence-electron chi connectivity index (χ0n) is 18.1. The molecule has 1 aliphatic heterocycles. The number of carbonyl (C=O) groups is 4. The Hall–Kier alpha value is -2.03. The van der Waals surface area contributed by atoms with Crippen LogP contribution in [0.2, 0.25) is 5.02 Å². The number of ketones is 1. The summed E-state index contributed by atoms with van der Waals surface area (Å²) in [6, 6.07) is 13.6.